The molecular formula is C18H23ClIN3O2. The van der Waals surface area contributed by atoms with Gasteiger partial charge in [0.15, 0.2) is 5.96 Å². The maximum absolute atomic E-state index is 5.98. The van der Waals surface area contributed by atoms with Crippen LogP contribution in [-0.4, -0.2) is 27.2 Å². The number of nitrogens with zero attached hydrogens (tertiary/aromatic N) is 1. The molecule has 0 aliphatic heterocycles. The van der Waals surface area contributed by atoms with Crippen LogP contribution in [0.4, 0.5) is 0 Å². The number of hydrogen-bond acceptors (Lipinski definition) is 3. The van der Waals surface area contributed by atoms with Gasteiger partial charge in [0.1, 0.15) is 11.5 Å². The number of para-hydroxylation sites is 1. The Morgan fingerprint density at radius 1 is 0.960 bits per heavy atom. The van der Waals surface area contributed by atoms with Gasteiger partial charge >= 0.3 is 0 Å². The smallest absolute Gasteiger partial charge is 0.191 e. The number of guanidine groups is 1. The van der Waals surface area contributed by atoms with E-state index in [-0.39, 0.29) is 24.0 Å². The summed E-state index contributed by atoms with van der Waals surface area (Å²) in [6, 6.07) is 13.4. The summed E-state index contributed by atoms with van der Waals surface area (Å²) in [6.07, 6.45) is 0. The average Bonchev–Trinajstić information content (AvgIpc) is 2.62. The van der Waals surface area contributed by atoms with Gasteiger partial charge in [0, 0.05) is 36.3 Å². The molecule has 136 valence electrons. The van der Waals surface area contributed by atoms with Gasteiger partial charge in [-0.05, 0) is 18.2 Å². The van der Waals surface area contributed by atoms with E-state index < -0.39 is 0 Å². The Morgan fingerprint density at radius 3 is 2.16 bits per heavy atom. The molecule has 0 bridgehead atoms. The lowest BCUT2D eigenvalue weighted by Gasteiger charge is -2.15. The number of aliphatic imine (C=N–C) groups is 1. The molecule has 0 saturated carbocycles. The number of halogens is 2. The third kappa shape index (κ3) is 6.28. The van der Waals surface area contributed by atoms with Gasteiger partial charge in [-0.2, -0.15) is 0 Å². The molecule has 2 N–H and O–H groups in total. The molecule has 7 heteroatoms. The number of ether oxygens (including phenoxy) is 2. The van der Waals surface area contributed by atoms with Crippen LogP contribution in [0.25, 0.3) is 0 Å². The molecular weight excluding hydrogens is 453 g/mol. The predicted molar refractivity (Wildman–Crippen MR) is 113 cm³/mol. The van der Waals surface area contributed by atoms with E-state index in [1.807, 2.05) is 36.4 Å². The van der Waals surface area contributed by atoms with Crippen LogP contribution in [0.5, 0.6) is 11.5 Å². The van der Waals surface area contributed by atoms with Gasteiger partial charge in [0.05, 0.1) is 14.2 Å². The Hall–Kier alpha value is -1.67. The minimum Gasteiger partial charge on any atom is -0.496 e. The van der Waals surface area contributed by atoms with Crippen LogP contribution in [0.2, 0.25) is 5.02 Å². The summed E-state index contributed by atoms with van der Waals surface area (Å²) in [7, 11) is 5.03. The van der Waals surface area contributed by atoms with Crippen LogP contribution in [0.15, 0.2) is 47.5 Å². The Balaban J connectivity index is 0.00000312. The number of hydrogen-bond donors (Lipinski definition) is 2. The first-order valence-electron chi connectivity index (χ1n) is 7.56. The third-order valence-electron chi connectivity index (χ3n) is 3.56. The predicted octanol–water partition coefficient (Wildman–Crippen LogP) is 3.84. The summed E-state index contributed by atoms with van der Waals surface area (Å²) < 4.78 is 10.7. The molecule has 0 aromatic heterocycles. The lowest BCUT2D eigenvalue weighted by molar-refractivity contribution is 0.408. The number of rotatable bonds is 6. The quantitative estimate of drug-likeness (QED) is 0.379. The second-order valence-electron chi connectivity index (χ2n) is 5.05. The molecule has 0 unspecified atom stereocenters. The Bertz CT molecular complexity index is 710. The molecule has 0 atom stereocenters. The molecule has 0 saturated heterocycles. The van der Waals surface area contributed by atoms with Gasteiger partial charge in [-0.15, -0.1) is 24.0 Å². The summed E-state index contributed by atoms with van der Waals surface area (Å²) >= 11 is 5.98. The number of methoxy groups -OCH3 is 2. The van der Waals surface area contributed by atoms with Gasteiger partial charge < -0.3 is 20.1 Å². The number of nitrogens with one attached hydrogen (secondary N) is 2. The zero-order valence-corrected chi connectivity index (χ0v) is 17.6. The van der Waals surface area contributed by atoms with Crippen LogP contribution < -0.4 is 20.1 Å². The zero-order chi connectivity index (χ0) is 17.4. The molecule has 5 nitrogen and oxygen atoms in total. The molecule has 2 aromatic carbocycles. The maximum atomic E-state index is 5.98. The van der Waals surface area contributed by atoms with E-state index in [1.165, 1.54) is 0 Å². The van der Waals surface area contributed by atoms with Crippen LogP contribution in [0, 0.1) is 0 Å². The Kier molecular flexibility index (Phi) is 9.44. The molecule has 0 radical (unpaired) electrons. The van der Waals surface area contributed by atoms with Gasteiger partial charge in [-0.3, -0.25) is 4.99 Å². The third-order valence-corrected chi connectivity index (χ3v) is 3.79. The van der Waals surface area contributed by atoms with E-state index in [0.29, 0.717) is 24.1 Å². The summed E-state index contributed by atoms with van der Waals surface area (Å²) in [4.78, 5) is 4.23. The van der Waals surface area contributed by atoms with Crippen molar-refractivity contribution in [2.45, 2.75) is 13.1 Å². The lowest BCUT2D eigenvalue weighted by Crippen LogP contribution is -2.36. The maximum Gasteiger partial charge on any atom is 0.191 e. The topological polar surface area (TPSA) is 54.9 Å². The average molecular weight is 476 g/mol. The summed E-state index contributed by atoms with van der Waals surface area (Å²) in [5.74, 6) is 2.29. The molecule has 0 fully saturated rings. The SMILES string of the molecule is CN=C(NCc1ccccc1OC)NCc1ccc(Cl)cc1OC.I. The van der Waals surface area contributed by atoms with Crippen LogP contribution in [0.3, 0.4) is 0 Å². The van der Waals surface area contributed by atoms with E-state index in [4.69, 9.17) is 21.1 Å². The molecule has 0 aliphatic carbocycles. The van der Waals surface area contributed by atoms with Crippen molar-refractivity contribution in [2.75, 3.05) is 21.3 Å². The zero-order valence-electron chi connectivity index (χ0n) is 14.5. The van der Waals surface area contributed by atoms with Crippen LogP contribution in [0.1, 0.15) is 11.1 Å². The molecule has 2 rings (SSSR count). The minimum atomic E-state index is 0. The van der Waals surface area contributed by atoms with Crippen molar-refractivity contribution in [1.29, 1.82) is 0 Å². The van der Waals surface area contributed by atoms with Crippen molar-refractivity contribution in [2.24, 2.45) is 4.99 Å². The van der Waals surface area contributed by atoms with Gasteiger partial charge in [-0.25, -0.2) is 0 Å². The first kappa shape index (κ1) is 21.4. The van der Waals surface area contributed by atoms with Gasteiger partial charge in [-0.1, -0.05) is 35.9 Å². The number of benzene rings is 2. The Morgan fingerprint density at radius 2 is 1.56 bits per heavy atom. The normalized spacial score (nSPS) is 10.6. The second kappa shape index (κ2) is 11.0. The first-order chi connectivity index (χ1) is 11.7. The summed E-state index contributed by atoms with van der Waals surface area (Å²) in [5.41, 5.74) is 2.06. The van der Waals surface area contributed by atoms with Crippen molar-refractivity contribution in [3.8, 4) is 11.5 Å². The van der Waals surface area contributed by atoms with Gasteiger partial charge in [0.25, 0.3) is 0 Å². The highest BCUT2D eigenvalue weighted by atomic mass is 127. The highest BCUT2D eigenvalue weighted by Crippen LogP contribution is 2.22. The second-order valence-corrected chi connectivity index (χ2v) is 5.48. The van der Waals surface area contributed by atoms with E-state index in [2.05, 4.69) is 15.6 Å². The molecule has 0 aliphatic rings. The fourth-order valence-corrected chi connectivity index (χ4v) is 2.45. The monoisotopic (exact) mass is 475 g/mol. The Labute approximate surface area is 170 Å². The van der Waals surface area contributed by atoms with Crippen molar-refractivity contribution >= 4 is 41.5 Å². The summed E-state index contributed by atoms with van der Waals surface area (Å²) in [6.45, 7) is 1.19. The largest absolute Gasteiger partial charge is 0.496 e. The van der Waals surface area contributed by atoms with E-state index in [9.17, 15) is 0 Å². The fourth-order valence-electron chi connectivity index (χ4n) is 2.29. The van der Waals surface area contributed by atoms with Gasteiger partial charge in [0.2, 0.25) is 0 Å². The van der Waals surface area contributed by atoms with E-state index >= 15 is 0 Å². The molecule has 25 heavy (non-hydrogen) atoms. The molecule has 0 amide bonds. The fraction of sp³-hybridized carbons (Fsp3) is 0.278. The van der Waals surface area contributed by atoms with E-state index in [0.717, 1.165) is 22.6 Å². The lowest BCUT2D eigenvalue weighted by atomic mass is 10.2. The summed E-state index contributed by atoms with van der Waals surface area (Å²) in [5, 5.41) is 7.18. The van der Waals surface area contributed by atoms with Crippen molar-refractivity contribution in [1.82, 2.24) is 10.6 Å². The van der Waals surface area contributed by atoms with E-state index in [1.54, 1.807) is 27.3 Å². The molecule has 0 spiro atoms. The van der Waals surface area contributed by atoms with Crippen molar-refractivity contribution in [3.05, 3.63) is 58.6 Å². The highest BCUT2D eigenvalue weighted by Gasteiger charge is 2.06. The first-order valence-corrected chi connectivity index (χ1v) is 7.94. The minimum absolute atomic E-state index is 0. The van der Waals surface area contributed by atoms with Crippen molar-refractivity contribution in [3.63, 3.8) is 0 Å². The standard InChI is InChI=1S/C18H22ClN3O2.HI/c1-20-18(21-11-13-6-4-5-7-16(13)23-2)22-12-14-8-9-15(19)10-17(14)24-3;/h4-10H,11-12H2,1-3H3,(H2,20,21,22);1H. The van der Waals surface area contributed by atoms with Crippen LogP contribution in [-0.2, 0) is 13.1 Å². The molecule has 2 aromatic rings. The highest BCUT2D eigenvalue weighted by molar-refractivity contribution is 14.0. The van der Waals surface area contributed by atoms with Crippen molar-refractivity contribution < 1.29 is 9.47 Å². The molecule has 0 heterocycles. The van der Waals surface area contributed by atoms with Crippen LogP contribution >= 0.6 is 35.6 Å².